The quantitative estimate of drug-likeness (QED) is 0.123. The third-order valence-corrected chi connectivity index (χ3v) is 0.843. The first-order chi connectivity index (χ1) is 5.97. The molecule has 17 heavy (non-hydrogen) atoms. The molecule has 0 aliphatic heterocycles. The SMILES string of the molecule is C.CC=O.O=S(=O)(O)O.O=[S](O)(=[Ca])OO.[CH3-].[Ca+2].[H-]. The summed E-state index contributed by atoms with van der Waals surface area (Å²) >= 11 is 0.0312. The molecule has 0 saturated heterocycles. The number of carbonyl (C=O) groups excluding carboxylic acids is 1. The summed E-state index contributed by atoms with van der Waals surface area (Å²) in [5, 5.41) is 7.41. The topological polar surface area (TPSA) is 158 Å². The van der Waals surface area contributed by atoms with Gasteiger partial charge in [0, 0.05) is 0 Å². The smallest absolute Gasteiger partial charge is 1.00 e. The van der Waals surface area contributed by atoms with Gasteiger partial charge in [0.25, 0.3) is 0 Å². The Morgan fingerprint density at radius 1 is 1.24 bits per heavy atom. The zero-order valence-electron chi connectivity index (χ0n) is 9.64. The van der Waals surface area contributed by atoms with Gasteiger partial charge in [0.15, 0.2) is 0 Å². The number of hydrogen-bond donors (Lipinski definition) is 4. The fraction of sp³-hybridized carbons (Fsp3) is 0.500. The van der Waals surface area contributed by atoms with Gasteiger partial charge in [-0.15, -0.1) is 0 Å². The summed E-state index contributed by atoms with van der Waals surface area (Å²) in [4.78, 5) is 8.81. The van der Waals surface area contributed by atoms with Gasteiger partial charge < -0.3 is 13.6 Å². The summed E-state index contributed by atoms with van der Waals surface area (Å²) < 4.78 is 49.1. The molecular weight excluding hydrogens is 336 g/mol. The molecule has 102 valence electrons. The van der Waals surface area contributed by atoms with Crippen LogP contribution < -0.4 is 0 Å². The van der Waals surface area contributed by atoms with E-state index in [1.807, 2.05) is 0 Å². The van der Waals surface area contributed by atoms with Crippen molar-refractivity contribution in [3.8, 4) is 0 Å². The Kier molecular flexibility index (Phi) is 43.8. The van der Waals surface area contributed by atoms with E-state index in [1.165, 1.54) is 6.92 Å². The van der Waals surface area contributed by atoms with E-state index in [4.69, 9.17) is 32.1 Å². The fourth-order valence-electron chi connectivity index (χ4n) is 0. The second-order valence-corrected chi connectivity index (χ2v) is 6.97. The molecule has 9 nitrogen and oxygen atoms in total. The molecule has 0 fully saturated rings. The average Bonchev–Trinajstić information content (AvgIpc) is 1.84. The maximum absolute atomic E-state index is 9.69. The molecule has 0 bridgehead atoms. The first kappa shape index (κ1) is 36.5. The van der Waals surface area contributed by atoms with Crippen molar-refractivity contribution in [3.05, 3.63) is 7.43 Å². The Morgan fingerprint density at radius 3 is 1.29 bits per heavy atom. The van der Waals surface area contributed by atoms with Crippen LogP contribution in [0.3, 0.4) is 0 Å². The molecule has 13 heteroatoms. The standard InChI is InChI=1S/C2H4O.CH4.CH3.2Ca.2H2O4S.H/c1-2-3;;;;;1-5(2,3)4;1-4-5(2)3;/h2H,1H3;1H4;1H3;;;(H2,1,2,3,4);1H,(H,2,3);/q;;-1;;+2;;;-1. The first-order valence-corrected chi connectivity index (χ1v) is 8.21. The van der Waals surface area contributed by atoms with Crippen molar-refractivity contribution in [2.45, 2.75) is 14.4 Å². The zero-order valence-corrected chi connectivity index (χ0v) is 14.7. The van der Waals surface area contributed by atoms with E-state index in [0.717, 1.165) is 6.29 Å². The van der Waals surface area contributed by atoms with Crippen LogP contribution in [0.15, 0.2) is 0 Å². The molecule has 4 N–H and O–H groups in total. The van der Waals surface area contributed by atoms with Crippen LogP contribution in [-0.2, 0) is 24.0 Å². The maximum atomic E-state index is 9.69. The molecule has 0 aromatic carbocycles. The number of aldehydes is 1. The third-order valence-electron chi connectivity index (χ3n) is 0.116. The monoisotopic (exact) mass is 352 g/mol. The molecule has 1 atom stereocenters. The van der Waals surface area contributed by atoms with Crippen molar-refractivity contribution in [1.82, 2.24) is 0 Å². The molecule has 0 radical (unpaired) electrons. The summed E-state index contributed by atoms with van der Waals surface area (Å²) in [6.07, 6.45) is 0.750. The Labute approximate surface area is 153 Å². The van der Waals surface area contributed by atoms with Crippen LogP contribution >= 0.6 is 0 Å². The predicted octanol–water partition coefficient (Wildman–Crippen LogP) is -0.398. The second-order valence-electron chi connectivity index (χ2n) is 1.34. The molecule has 0 aliphatic rings. The van der Waals surface area contributed by atoms with Crippen molar-refractivity contribution in [1.29, 1.82) is 0 Å². The zero-order chi connectivity index (χ0) is 12.4. The Morgan fingerprint density at radius 2 is 1.29 bits per heavy atom. The number of rotatable bonds is 1. The van der Waals surface area contributed by atoms with E-state index in [-0.39, 0.29) is 87.3 Å². The summed E-state index contributed by atoms with van der Waals surface area (Å²) in [6, 6.07) is 0. The van der Waals surface area contributed by atoms with Gasteiger partial charge in [0.1, 0.15) is 6.29 Å². The third kappa shape index (κ3) is 181. The molecule has 0 aromatic heterocycles. The van der Waals surface area contributed by atoms with Crippen LogP contribution in [0.1, 0.15) is 15.8 Å². The normalized spacial score (nSPS) is 11.2. The Hall–Kier alpha value is 2.09. The van der Waals surface area contributed by atoms with Crippen molar-refractivity contribution in [2.24, 2.45) is 0 Å². The van der Waals surface area contributed by atoms with Gasteiger partial charge in [-0.1, -0.05) is 7.43 Å². The molecule has 0 heterocycles. The molecule has 0 aromatic rings. The van der Waals surface area contributed by atoms with Crippen LogP contribution in [-0.4, -0.2) is 109 Å². The molecule has 0 amide bonds. The van der Waals surface area contributed by atoms with Crippen LogP contribution in [0.4, 0.5) is 0 Å². The van der Waals surface area contributed by atoms with E-state index in [0.29, 0.717) is 0 Å². The van der Waals surface area contributed by atoms with Gasteiger partial charge in [-0.3, -0.25) is 9.11 Å². The first-order valence-electron chi connectivity index (χ1n) is 2.50. The number of hydrogen-bond acceptors (Lipinski definition) is 6. The van der Waals surface area contributed by atoms with Crippen LogP contribution in [0.5, 0.6) is 0 Å². The van der Waals surface area contributed by atoms with E-state index in [1.54, 1.807) is 0 Å². The van der Waals surface area contributed by atoms with Crippen molar-refractivity contribution in [2.75, 3.05) is 0 Å². The van der Waals surface area contributed by atoms with Gasteiger partial charge in [-0.2, -0.15) is 8.42 Å². The van der Waals surface area contributed by atoms with Gasteiger partial charge in [-0.05, 0) is 6.92 Å². The fourth-order valence-corrected chi connectivity index (χ4v) is 0. The molecule has 0 rings (SSSR count). The largest absolute Gasteiger partial charge is 2.00 e. The van der Waals surface area contributed by atoms with Gasteiger partial charge >= 0.3 is 104 Å². The minimum atomic E-state index is -4.67. The summed E-state index contributed by atoms with van der Waals surface area (Å²) in [5.41, 5.74) is 0. The van der Waals surface area contributed by atoms with E-state index in [2.05, 4.69) is 4.33 Å². The Bertz CT molecular complexity index is 318. The van der Waals surface area contributed by atoms with Crippen LogP contribution in [0.25, 0.3) is 0 Å². The molecule has 0 spiro atoms. The number of carbonyl (C=O) groups is 1. The van der Waals surface area contributed by atoms with E-state index >= 15 is 0 Å². The van der Waals surface area contributed by atoms with Crippen molar-refractivity contribution in [3.63, 3.8) is 0 Å². The Balaban J connectivity index is -0.0000000189. The molecule has 0 saturated carbocycles. The van der Waals surface area contributed by atoms with Gasteiger partial charge in [0.2, 0.25) is 0 Å². The summed E-state index contributed by atoms with van der Waals surface area (Å²) in [6.45, 7) is 1.44. The minimum Gasteiger partial charge on any atom is -1.00 e. The minimum absolute atomic E-state index is 0. The average molecular weight is 352 g/mol. The summed E-state index contributed by atoms with van der Waals surface area (Å²) in [5.74, 6) is 0. The summed E-state index contributed by atoms with van der Waals surface area (Å²) in [7, 11) is -4.67. The van der Waals surface area contributed by atoms with E-state index < -0.39 is 14.9 Å². The van der Waals surface area contributed by atoms with E-state index in [9.17, 15) is 4.21 Å². The van der Waals surface area contributed by atoms with Crippen LogP contribution in [0.2, 0.25) is 0 Å². The molecule has 1 unspecified atom stereocenters. The predicted molar refractivity (Wildman–Crippen MR) is 66.2 cm³/mol. The molecular formula is C4H16Ca2O9S2. The van der Waals surface area contributed by atoms with Gasteiger partial charge in [0.05, 0.1) is 0 Å². The molecule has 0 aliphatic carbocycles. The second kappa shape index (κ2) is 20.4. The van der Waals surface area contributed by atoms with Crippen LogP contribution in [0, 0.1) is 7.43 Å². The maximum Gasteiger partial charge on any atom is 2.00 e. The van der Waals surface area contributed by atoms with Crippen molar-refractivity contribution >= 4 is 92.2 Å². The van der Waals surface area contributed by atoms with Crippen molar-refractivity contribution < 1.29 is 42.1 Å². The van der Waals surface area contributed by atoms with Gasteiger partial charge in [-0.25, -0.2) is 0 Å².